The molecule has 2 atom stereocenters. The molecule has 1 aliphatic carbocycles. The van der Waals surface area contributed by atoms with E-state index in [-0.39, 0.29) is 17.8 Å². The highest BCUT2D eigenvalue weighted by Crippen LogP contribution is 2.36. The number of hydrogen-bond acceptors (Lipinski definition) is 5. The molecule has 8 heteroatoms. The molecule has 2 aromatic heterocycles. The van der Waals surface area contributed by atoms with Gasteiger partial charge in [0.15, 0.2) is 5.88 Å². The van der Waals surface area contributed by atoms with Crippen LogP contribution in [0.1, 0.15) is 38.2 Å². The number of fused-ring (bicyclic) bond motifs is 1. The van der Waals surface area contributed by atoms with E-state index in [0.29, 0.717) is 18.4 Å². The number of pyridine rings is 1. The zero-order valence-corrected chi connectivity index (χ0v) is 25.2. The minimum Gasteiger partial charge on any atom is -0.473 e. The first-order valence-electron chi connectivity index (χ1n) is 14.0. The van der Waals surface area contributed by atoms with E-state index in [0.717, 1.165) is 73.1 Å². The quantitative estimate of drug-likeness (QED) is 0.187. The zero-order chi connectivity index (χ0) is 27.6. The third-order valence-electron chi connectivity index (χ3n) is 7.71. The molecule has 5 rings (SSSR count). The number of Topliss-reactive ketones (excluding diaryl/α,β-unsaturated/α-hetero) is 1. The number of benzene rings is 1. The Labute approximate surface area is 237 Å². The van der Waals surface area contributed by atoms with Gasteiger partial charge in [0.2, 0.25) is 0 Å². The third-order valence-corrected chi connectivity index (χ3v) is 9.70. The van der Waals surface area contributed by atoms with Crippen molar-refractivity contribution < 1.29 is 19.0 Å². The van der Waals surface area contributed by atoms with Gasteiger partial charge in [0.1, 0.15) is 18.6 Å². The van der Waals surface area contributed by atoms with Crippen LogP contribution in [-0.4, -0.2) is 49.3 Å². The van der Waals surface area contributed by atoms with Gasteiger partial charge in [-0.2, -0.15) is 0 Å². The predicted octanol–water partition coefficient (Wildman–Crippen LogP) is 7.61. The third kappa shape index (κ3) is 6.83. The number of hydrogen-bond donors (Lipinski definition) is 0. The van der Waals surface area contributed by atoms with Crippen molar-refractivity contribution in [3.8, 4) is 17.1 Å². The van der Waals surface area contributed by atoms with Crippen molar-refractivity contribution in [1.29, 1.82) is 0 Å². The summed E-state index contributed by atoms with van der Waals surface area (Å²) in [4.78, 5) is 16.7. The van der Waals surface area contributed by atoms with Crippen LogP contribution in [0, 0.1) is 5.92 Å². The Hall–Kier alpha value is -2.45. The van der Waals surface area contributed by atoms with Gasteiger partial charge in [-0.1, -0.05) is 61.6 Å². The van der Waals surface area contributed by atoms with E-state index in [9.17, 15) is 4.79 Å². The van der Waals surface area contributed by atoms with Crippen LogP contribution in [0.4, 0.5) is 0 Å². The zero-order valence-electron chi connectivity index (χ0n) is 23.5. The Balaban J connectivity index is 1.39. The van der Waals surface area contributed by atoms with E-state index in [4.69, 9.17) is 30.8 Å². The lowest BCUT2D eigenvalue weighted by Crippen LogP contribution is -2.22. The van der Waals surface area contributed by atoms with Gasteiger partial charge >= 0.3 is 0 Å². The molecule has 0 N–H and O–H groups in total. The molecular formula is C31H39ClN2O4Si. The van der Waals surface area contributed by atoms with Gasteiger partial charge in [-0.05, 0) is 49.4 Å². The number of aromatic nitrogens is 2. The fraction of sp³-hybridized carbons (Fsp3) is 0.484. The molecule has 2 aliphatic rings. The summed E-state index contributed by atoms with van der Waals surface area (Å²) in [6.45, 7) is 11.2. The highest BCUT2D eigenvalue weighted by molar-refractivity contribution is 6.76. The first-order chi connectivity index (χ1) is 18.7. The Morgan fingerprint density at radius 1 is 1.15 bits per heavy atom. The molecule has 1 aromatic carbocycles. The molecule has 0 bridgehead atoms. The average Bonchev–Trinajstić information content (AvgIpc) is 3.53. The standard InChI is InChI=1S/C31H39ClN2O4Si/c1-21(35)22-5-7-23(8-6-22)24-9-11-25(12-10-24)31-27(32)17-29-28(33-31)18-30(38-26-13-14-36-19-26)34(29)20-37-15-16-39(2,3)4/h7,9-12,17-18,22,26H,5-6,8,13-16,19-20H2,1-4H3/t22?,26-/m0/s1. The molecule has 1 saturated heterocycles. The molecule has 3 heterocycles. The number of nitrogens with zero attached hydrogens (tertiary/aromatic N) is 2. The van der Waals surface area contributed by atoms with E-state index in [1.807, 2.05) is 16.7 Å². The van der Waals surface area contributed by atoms with Gasteiger partial charge in [0, 0.05) is 38.6 Å². The number of rotatable bonds is 10. The van der Waals surface area contributed by atoms with Crippen molar-refractivity contribution in [3.63, 3.8) is 0 Å². The van der Waals surface area contributed by atoms with Crippen LogP contribution in [-0.2, 0) is 21.0 Å². The molecule has 1 fully saturated rings. The number of ketones is 1. The molecule has 1 aliphatic heterocycles. The summed E-state index contributed by atoms with van der Waals surface area (Å²) in [7, 11) is -1.19. The fourth-order valence-corrected chi connectivity index (χ4v) is 6.19. The first kappa shape index (κ1) is 28.1. The molecule has 0 saturated carbocycles. The first-order valence-corrected chi connectivity index (χ1v) is 18.1. The molecule has 39 heavy (non-hydrogen) atoms. The molecule has 3 aromatic rings. The van der Waals surface area contributed by atoms with Crippen molar-refractivity contribution in [2.45, 2.75) is 71.1 Å². The minimum absolute atomic E-state index is 0.0253. The topological polar surface area (TPSA) is 62.6 Å². The Morgan fingerprint density at radius 3 is 2.56 bits per heavy atom. The van der Waals surface area contributed by atoms with Crippen LogP contribution in [0.2, 0.25) is 30.7 Å². The van der Waals surface area contributed by atoms with Crippen LogP contribution in [0.3, 0.4) is 0 Å². The molecule has 0 amide bonds. The maximum Gasteiger partial charge on any atom is 0.198 e. The van der Waals surface area contributed by atoms with Crippen molar-refractivity contribution in [2.24, 2.45) is 5.92 Å². The van der Waals surface area contributed by atoms with Crippen molar-refractivity contribution in [3.05, 3.63) is 53.1 Å². The largest absolute Gasteiger partial charge is 0.473 e. The molecule has 1 unspecified atom stereocenters. The van der Waals surface area contributed by atoms with Crippen LogP contribution in [0.25, 0.3) is 27.9 Å². The lowest BCUT2D eigenvalue weighted by Gasteiger charge is -2.20. The van der Waals surface area contributed by atoms with Crippen LogP contribution in [0.5, 0.6) is 5.88 Å². The van der Waals surface area contributed by atoms with E-state index in [1.54, 1.807) is 6.92 Å². The van der Waals surface area contributed by atoms with Crippen molar-refractivity contribution in [2.75, 3.05) is 19.8 Å². The summed E-state index contributed by atoms with van der Waals surface area (Å²) in [6.07, 6.45) is 5.78. The predicted molar refractivity (Wildman–Crippen MR) is 160 cm³/mol. The van der Waals surface area contributed by atoms with Crippen molar-refractivity contribution >= 4 is 42.1 Å². The van der Waals surface area contributed by atoms with Gasteiger partial charge in [-0.3, -0.25) is 9.36 Å². The Bertz CT molecular complexity index is 1350. The highest BCUT2D eigenvalue weighted by Gasteiger charge is 2.23. The van der Waals surface area contributed by atoms with Gasteiger partial charge in [0.05, 0.1) is 35.0 Å². The van der Waals surface area contributed by atoms with Crippen molar-refractivity contribution in [1.82, 2.24) is 9.55 Å². The molecule has 6 nitrogen and oxygen atoms in total. The Kier molecular flexibility index (Phi) is 8.62. The molecule has 0 spiro atoms. The maximum atomic E-state index is 11.7. The summed E-state index contributed by atoms with van der Waals surface area (Å²) in [5, 5.41) is 0.591. The average molecular weight is 567 g/mol. The van der Waals surface area contributed by atoms with E-state index in [2.05, 4.69) is 50.0 Å². The fourth-order valence-electron chi connectivity index (χ4n) is 5.18. The number of carbonyl (C=O) groups is 1. The van der Waals surface area contributed by atoms with Crippen LogP contribution in [0.15, 0.2) is 42.5 Å². The van der Waals surface area contributed by atoms with E-state index < -0.39 is 8.07 Å². The normalized spacial score (nSPS) is 19.9. The minimum atomic E-state index is -1.19. The summed E-state index contributed by atoms with van der Waals surface area (Å²) < 4.78 is 20.0. The second-order valence-corrected chi connectivity index (χ2v) is 18.0. The molecular weight excluding hydrogens is 528 g/mol. The van der Waals surface area contributed by atoms with Crippen LogP contribution >= 0.6 is 11.6 Å². The van der Waals surface area contributed by atoms with E-state index >= 15 is 0 Å². The number of ether oxygens (including phenoxy) is 3. The SMILES string of the molecule is CC(=O)C1CC=C(c2ccc(-c3nc4cc(O[C@H]5CCOC5)n(COCC[Si](C)(C)C)c4cc3Cl)cc2)CC1. The molecule has 208 valence electrons. The van der Waals surface area contributed by atoms with Crippen LogP contribution < -0.4 is 4.74 Å². The van der Waals surface area contributed by atoms with Gasteiger partial charge in [0.25, 0.3) is 0 Å². The second-order valence-electron chi connectivity index (χ2n) is 12.0. The summed E-state index contributed by atoms with van der Waals surface area (Å²) in [6, 6.07) is 13.5. The molecule has 0 radical (unpaired) electrons. The maximum absolute atomic E-state index is 11.7. The summed E-state index contributed by atoms with van der Waals surface area (Å²) in [5.41, 5.74) is 5.93. The summed E-state index contributed by atoms with van der Waals surface area (Å²) in [5.74, 6) is 1.18. The lowest BCUT2D eigenvalue weighted by atomic mass is 9.84. The summed E-state index contributed by atoms with van der Waals surface area (Å²) >= 11 is 6.83. The lowest BCUT2D eigenvalue weighted by molar-refractivity contribution is -0.120. The Morgan fingerprint density at radius 2 is 1.92 bits per heavy atom. The second kappa shape index (κ2) is 12.0. The number of halogens is 1. The number of allylic oxidation sites excluding steroid dienone is 2. The number of carbonyl (C=O) groups excluding carboxylic acids is 1. The van der Waals surface area contributed by atoms with Gasteiger partial charge in [-0.15, -0.1) is 0 Å². The van der Waals surface area contributed by atoms with Gasteiger partial charge in [-0.25, -0.2) is 4.98 Å². The highest BCUT2D eigenvalue weighted by atomic mass is 35.5. The van der Waals surface area contributed by atoms with E-state index in [1.165, 1.54) is 11.1 Å². The monoisotopic (exact) mass is 566 g/mol. The smallest absolute Gasteiger partial charge is 0.198 e. The van der Waals surface area contributed by atoms with Gasteiger partial charge < -0.3 is 14.2 Å².